The summed E-state index contributed by atoms with van der Waals surface area (Å²) in [5.74, 6) is -1.04. The van der Waals surface area contributed by atoms with E-state index in [-0.39, 0.29) is 6.04 Å². The Balaban J connectivity index is 3.66. The van der Waals surface area contributed by atoms with Crippen LogP contribution in [-0.4, -0.2) is 31.4 Å². The fraction of sp³-hybridized carbons (Fsp3) is 0.714. The van der Waals surface area contributed by atoms with Crippen molar-refractivity contribution >= 4 is 11.7 Å². The van der Waals surface area contributed by atoms with Gasteiger partial charge < -0.3 is 10.1 Å². The Morgan fingerprint density at radius 3 is 2.45 bits per heavy atom. The molecule has 0 aromatic rings. The highest BCUT2D eigenvalue weighted by atomic mass is 16.5. The van der Waals surface area contributed by atoms with Gasteiger partial charge in [0.25, 0.3) is 5.91 Å². The Kier molecular flexibility index (Phi) is 4.45. The van der Waals surface area contributed by atoms with Gasteiger partial charge in [0, 0.05) is 20.1 Å². The summed E-state index contributed by atoms with van der Waals surface area (Å²) >= 11 is 0. The molecule has 0 aliphatic rings. The zero-order chi connectivity index (χ0) is 8.85. The molecule has 0 radical (unpaired) electrons. The van der Waals surface area contributed by atoms with Crippen LogP contribution < -0.4 is 5.32 Å². The van der Waals surface area contributed by atoms with Gasteiger partial charge in [0.15, 0.2) is 0 Å². The molecule has 0 fully saturated rings. The van der Waals surface area contributed by atoms with Crippen molar-refractivity contribution in [3.05, 3.63) is 0 Å². The van der Waals surface area contributed by atoms with E-state index in [1.807, 2.05) is 0 Å². The van der Waals surface area contributed by atoms with Crippen LogP contribution in [-0.2, 0) is 14.3 Å². The highest BCUT2D eigenvalue weighted by molar-refractivity contribution is 6.35. The number of Topliss-reactive ketones (excluding diaryl/α,β-unsaturated/α-hetero) is 1. The lowest BCUT2D eigenvalue weighted by Gasteiger charge is -2.10. The first-order valence-corrected chi connectivity index (χ1v) is 3.38. The highest BCUT2D eigenvalue weighted by Crippen LogP contribution is 1.82. The van der Waals surface area contributed by atoms with Gasteiger partial charge in [-0.05, 0) is 6.92 Å². The van der Waals surface area contributed by atoms with Crippen molar-refractivity contribution in [3.8, 4) is 0 Å². The number of methoxy groups -OCH3 is 1. The van der Waals surface area contributed by atoms with Gasteiger partial charge in [-0.1, -0.05) is 0 Å². The summed E-state index contributed by atoms with van der Waals surface area (Å²) in [4.78, 5) is 21.1. The van der Waals surface area contributed by atoms with Gasteiger partial charge in [-0.15, -0.1) is 0 Å². The zero-order valence-electron chi connectivity index (χ0n) is 7.01. The van der Waals surface area contributed by atoms with Crippen LogP contribution in [0.1, 0.15) is 13.8 Å². The highest BCUT2D eigenvalue weighted by Gasteiger charge is 2.10. The van der Waals surface area contributed by atoms with Gasteiger partial charge in [-0.25, -0.2) is 0 Å². The third-order valence-electron chi connectivity index (χ3n) is 1.11. The van der Waals surface area contributed by atoms with Crippen molar-refractivity contribution in [1.29, 1.82) is 0 Å². The van der Waals surface area contributed by atoms with E-state index in [1.165, 1.54) is 14.0 Å². The SMILES string of the molecule is COC[C@H](C)NC(=O)C(C)=O. The van der Waals surface area contributed by atoms with Gasteiger partial charge in [0.05, 0.1) is 6.61 Å². The summed E-state index contributed by atoms with van der Waals surface area (Å²) in [5, 5.41) is 2.47. The quantitative estimate of drug-likeness (QED) is 0.574. The molecule has 0 bridgehead atoms. The molecule has 0 spiro atoms. The van der Waals surface area contributed by atoms with Crippen LogP contribution >= 0.6 is 0 Å². The first-order chi connectivity index (χ1) is 5.07. The van der Waals surface area contributed by atoms with Gasteiger partial charge in [0.2, 0.25) is 5.78 Å². The van der Waals surface area contributed by atoms with Crippen LogP contribution in [0.4, 0.5) is 0 Å². The number of hydrogen-bond acceptors (Lipinski definition) is 3. The van der Waals surface area contributed by atoms with Gasteiger partial charge in [-0.2, -0.15) is 0 Å². The third kappa shape index (κ3) is 4.50. The van der Waals surface area contributed by atoms with Gasteiger partial charge in [-0.3, -0.25) is 9.59 Å². The summed E-state index contributed by atoms with van der Waals surface area (Å²) in [6.07, 6.45) is 0. The standard InChI is InChI=1S/C7H13NO3/c1-5(4-11-3)8-7(10)6(2)9/h5H,4H2,1-3H3,(H,8,10)/t5-/m0/s1. The lowest BCUT2D eigenvalue weighted by Crippen LogP contribution is -2.38. The van der Waals surface area contributed by atoms with Crippen LogP contribution in [0.25, 0.3) is 0 Å². The summed E-state index contributed by atoms with van der Waals surface area (Å²) in [6.45, 7) is 3.41. The Morgan fingerprint density at radius 1 is 1.55 bits per heavy atom. The monoisotopic (exact) mass is 159 g/mol. The van der Waals surface area contributed by atoms with E-state index in [0.717, 1.165) is 0 Å². The molecular formula is C7H13NO3. The average Bonchev–Trinajstić information content (AvgIpc) is 1.87. The van der Waals surface area contributed by atoms with Gasteiger partial charge >= 0.3 is 0 Å². The fourth-order valence-electron chi connectivity index (χ4n) is 0.617. The molecule has 0 aliphatic carbocycles. The summed E-state index contributed by atoms with van der Waals surface area (Å²) < 4.78 is 4.76. The molecule has 0 rings (SSSR count). The maximum atomic E-state index is 10.7. The molecule has 0 unspecified atom stereocenters. The topological polar surface area (TPSA) is 55.4 Å². The molecule has 0 aromatic carbocycles. The molecule has 1 N–H and O–H groups in total. The van der Waals surface area contributed by atoms with Crippen molar-refractivity contribution in [2.24, 2.45) is 0 Å². The van der Waals surface area contributed by atoms with E-state index < -0.39 is 11.7 Å². The summed E-state index contributed by atoms with van der Waals surface area (Å²) in [6, 6.07) is -0.114. The smallest absolute Gasteiger partial charge is 0.287 e. The summed E-state index contributed by atoms with van der Waals surface area (Å²) in [7, 11) is 1.54. The van der Waals surface area contributed by atoms with E-state index >= 15 is 0 Å². The van der Waals surface area contributed by atoms with Crippen molar-refractivity contribution < 1.29 is 14.3 Å². The Bertz CT molecular complexity index is 156. The molecule has 64 valence electrons. The molecule has 4 nitrogen and oxygen atoms in total. The normalized spacial score (nSPS) is 12.3. The second kappa shape index (κ2) is 4.85. The molecule has 0 saturated carbocycles. The third-order valence-corrected chi connectivity index (χ3v) is 1.11. The molecule has 1 amide bonds. The molecule has 0 heterocycles. The molecule has 0 aliphatic heterocycles. The number of nitrogens with one attached hydrogen (secondary N) is 1. The van der Waals surface area contributed by atoms with E-state index in [9.17, 15) is 9.59 Å². The van der Waals surface area contributed by atoms with E-state index in [0.29, 0.717) is 6.61 Å². The maximum Gasteiger partial charge on any atom is 0.287 e. The lowest BCUT2D eigenvalue weighted by atomic mass is 10.3. The predicted octanol–water partition coefficient (Wildman–Crippen LogP) is -0.274. The van der Waals surface area contributed by atoms with Crippen molar-refractivity contribution in [3.63, 3.8) is 0 Å². The Hall–Kier alpha value is -0.900. The molecular weight excluding hydrogens is 146 g/mol. The Labute approximate surface area is 65.9 Å². The van der Waals surface area contributed by atoms with Crippen LogP contribution in [0.2, 0.25) is 0 Å². The van der Waals surface area contributed by atoms with Crippen LogP contribution in [0.3, 0.4) is 0 Å². The average molecular weight is 159 g/mol. The van der Waals surface area contributed by atoms with Crippen LogP contribution in [0.15, 0.2) is 0 Å². The largest absolute Gasteiger partial charge is 0.383 e. The number of ether oxygens (including phenoxy) is 1. The summed E-state index contributed by atoms with van der Waals surface area (Å²) in [5.41, 5.74) is 0. The number of rotatable bonds is 4. The first kappa shape index (κ1) is 10.1. The molecule has 4 heteroatoms. The van der Waals surface area contributed by atoms with Crippen molar-refractivity contribution in [2.45, 2.75) is 19.9 Å². The number of carbonyl (C=O) groups excluding carboxylic acids is 2. The maximum absolute atomic E-state index is 10.7. The second-order valence-electron chi connectivity index (χ2n) is 2.39. The molecule has 1 atom stereocenters. The minimum Gasteiger partial charge on any atom is -0.383 e. The van der Waals surface area contributed by atoms with Crippen molar-refractivity contribution in [2.75, 3.05) is 13.7 Å². The minimum atomic E-state index is -0.561. The molecule has 11 heavy (non-hydrogen) atoms. The number of amides is 1. The van der Waals surface area contributed by atoms with E-state index in [2.05, 4.69) is 5.32 Å². The van der Waals surface area contributed by atoms with Crippen LogP contribution in [0.5, 0.6) is 0 Å². The molecule has 0 saturated heterocycles. The Morgan fingerprint density at radius 2 is 2.09 bits per heavy atom. The number of hydrogen-bond donors (Lipinski definition) is 1. The van der Waals surface area contributed by atoms with Crippen molar-refractivity contribution in [1.82, 2.24) is 5.32 Å². The predicted molar refractivity (Wildman–Crippen MR) is 40.2 cm³/mol. The number of ketones is 1. The van der Waals surface area contributed by atoms with Crippen LogP contribution in [0, 0.1) is 0 Å². The second-order valence-corrected chi connectivity index (χ2v) is 2.39. The first-order valence-electron chi connectivity index (χ1n) is 3.38. The van der Waals surface area contributed by atoms with E-state index in [4.69, 9.17) is 4.74 Å². The number of carbonyl (C=O) groups is 2. The van der Waals surface area contributed by atoms with Gasteiger partial charge in [0.1, 0.15) is 0 Å². The minimum absolute atomic E-state index is 0.114. The van der Waals surface area contributed by atoms with E-state index in [1.54, 1.807) is 6.92 Å². The lowest BCUT2D eigenvalue weighted by molar-refractivity contribution is -0.137. The molecule has 0 aromatic heterocycles. The fourth-order valence-corrected chi connectivity index (χ4v) is 0.617. The zero-order valence-corrected chi connectivity index (χ0v) is 7.01.